The van der Waals surface area contributed by atoms with E-state index in [9.17, 15) is 9.59 Å². The molecule has 1 fully saturated rings. The van der Waals surface area contributed by atoms with Crippen molar-refractivity contribution >= 4 is 23.2 Å². The summed E-state index contributed by atoms with van der Waals surface area (Å²) in [4.78, 5) is 27.4. The van der Waals surface area contributed by atoms with E-state index in [1.807, 2.05) is 0 Å². The number of nitrogens with zero attached hydrogens (tertiary/aromatic N) is 1. The van der Waals surface area contributed by atoms with E-state index in [0.717, 1.165) is 24.3 Å². The predicted molar refractivity (Wildman–Crippen MR) is 81.5 cm³/mol. The number of carboxylic acid groups (broad SMARTS) is 1. The number of nitrogens with one attached hydrogen (secondary N) is 1. The van der Waals surface area contributed by atoms with Crippen LogP contribution in [0.5, 0.6) is 0 Å². The van der Waals surface area contributed by atoms with E-state index >= 15 is 0 Å². The van der Waals surface area contributed by atoms with Gasteiger partial charge in [0.05, 0.1) is 10.9 Å². The topological polar surface area (TPSA) is 79.3 Å². The first kappa shape index (κ1) is 15.9. The molecule has 0 spiro atoms. The van der Waals surface area contributed by atoms with Crippen LogP contribution in [0, 0.1) is 11.8 Å². The number of hydrogen-bond acceptors (Lipinski definition) is 4. The molecule has 0 atom stereocenters. The van der Waals surface area contributed by atoms with Crippen LogP contribution in [0.1, 0.15) is 55.0 Å². The molecule has 1 amide bonds. The van der Waals surface area contributed by atoms with Gasteiger partial charge in [0.15, 0.2) is 0 Å². The van der Waals surface area contributed by atoms with Crippen molar-refractivity contribution in [2.45, 2.75) is 52.0 Å². The third-order valence-electron chi connectivity index (χ3n) is 3.78. The first-order valence-corrected chi connectivity index (χ1v) is 8.31. The van der Waals surface area contributed by atoms with Crippen LogP contribution in [0.15, 0.2) is 5.38 Å². The maximum Gasteiger partial charge on any atom is 0.306 e. The summed E-state index contributed by atoms with van der Waals surface area (Å²) in [6, 6.07) is 0.0725. The lowest BCUT2D eigenvalue weighted by Gasteiger charge is -2.26. The van der Waals surface area contributed by atoms with Crippen LogP contribution < -0.4 is 5.32 Å². The minimum Gasteiger partial charge on any atom is -0.481 e. The Morgan fingerprint density at radius 1 is 1.38 bits per heavy atom. The molecule has 0 bridgehead atoms. The molecule has 5 nitrogen and oxygen atoms in total. The zero-order valence-electron chi connectivity index (χ0n) is 12.5. The molecule has 21 heavy (non-hydrogen) atoms. The maximum absolute atomic E-state index is 12.1. The van der Waals surface area contributed by atoms with E-state index in [-0.39, 0.29) is 17.9 Å². The molecule has 0 radical (unpaired) electrons. The summed E-state index contributed by atoms with van der Waals surface area (Å²) in [7, 11) is 0. The van der Waals surface area contributed by atoms with Gasteiger partial charge in [0.2, 0.25) is 0 Å². The number of carbonyl (C=O) groups is 2. The molecule has 1 aliphatic rings. The Hall–Kier alpha value is -1.43. The normalized spacial score (nSPS) is 22.2. The smallest absolute Gasteiger partial charge is 0.306 e. The number of aliphatic carboxylic acids is 1. The number of hydrogen-bond donors (Lipinski definition) is 2. The Balaban J connectivity index is 1.85. The summed E-state index contributed by atoms with van der Waals surface area (Å²) in [5, 5.41) is 14.7. The number of carbonyl (C=O) groups excluding carboxylic acids is 1. The van der Waals surface area contributed by atoms with Gasteiger partial charge in [0.25, 0.3) is 5.91 Å². The van der Waals surface area contributed by atoms with Crippen molar-refractivity contribution in [3.63, 3.8) is 0 Å². The molecule has 2 N–H and O–H groups in total. The minimum absolute atomic E-state index is 0.0725. The third-order valence-corrected chi connectivity index (χ3v) is 4.65. The van der Waals surface area contributed by atoms with E-state index < -0.39 is 5.97 Å². The molecule has 116 valence electrons. The highest BCUT2D eigenvalue weighted by Gasteiger charge is 2.27. The highest BCUT2D eigenvalue weighted by Crippen LogP contribution is 2.24. The third kappa shape index (κ3) is 4.52. The van der Waals surface area contributed by atoms with Crippen molar-refractivity contribution in [1.29, 1.82) is 0 Å². The van der Waals surface area contributed by atoms with Gasteiger partial charge in [-0.1, -0.05) is 13.8 Å². The van der Waals surface area contributed by atoms with Crippen LogP contribution in [-0.4, -0.2) is 28.0 Å². The number of amides is 1. The molecule has 1 aliphatic carbocycles. The molecular formula is C15H22N2O3S. The van der Waals surface area contributed by atoms with Crippen LogP contribution in [0.3, 0.4) is 0 Å². The Morgan fingerprint density at radius 2 is 2.05 bits per heavy atom. The van der Waals surface area contributed by atoms with Gasteiger partial charge in [0, 0.05) is 17.8 Å². The first-order valence-electron chi connectivity index (χ1n) is 7.43. The van der Waals surface area contributed by atoms with Gasteiger partial charge in [-0.3, -0.25) is 9.59 Å². The molecule has 2 rings (SSSR count). The van der Waals surface area contributed by atoms with E-state index in [1.54, 1.807) is 5.38 Å². The highest BCUT2D eigenvalue weighted by atomic mass is 32.1. The van der Waals surface area contributed by atoms with Crippen molar-refractivity contribution in [1.82, 2.24) is 10.3 Å². The second-order valence-electron chi connectivity index (χ2n) is 6.08. The zero-order chi connectivity index (χ0) is 15.4. The molecule has 1 aromatic rings. The molecule has 0 unspecified atom stereocenters. The molecule has 1 aromatic heterocycles. The van der Waals surface area contributed by atoms with E-state index in [4.69, 9.17) is 5.11 Å². The fraction of sp³-hybridized carbons (Fsp3) is 0.667. The van der Waals surface area contributed by atoms with Crippen molar-refractivity contribution in [3.05, 3.63) is 16.1 Å². The van der Waals surface area contributed by atoms with Gasteiger partial charge in [-0.15, -0.1) is 11.3 Å². The quantitative estimate of drug-likeness (QED) is 0.876. The van der Waals surface area contributed by atoms with E-state index in [1.165, 1.54) is 11.3 Å². The fourth-order valence-corrected chi connectivity index (χ4v) is 3.59. The zero-order valence-corrected chi connectivity index (χ0v) is 13.3. The molecule has 1 saturated carbocycles. The lowest BCUT2D eigenvalue weighted by atomic mass is 9.86. The Kier molecular flexibility index (Phi) is 5.33. The Bertz CT molecular complexity index is 505. The fourth-order valence-electron chi connectivity index (χ4n) is 2.60. The Labute approximate surface area is 128 Å². The number of aromatic nitrogens is 1. The monoisotopic (exact) mass is 310 g/mol. The standard InChI is InChI=1S/C15H22N2O3S/c1-9(2)7-13-17-12(8-21-13)14(18)16-11-5-3-10(4-6-11)15(19)20/h8-11H,3-7H2,1-2H3,(H,16,18)(H,19,20). The summed E-state index contributed by atoms with van der Waals surface area (Å²) < 4.78 is 0. The maximum atomic E-state index is 12.1. The number of thiazole rings is 1. The van der Waals surface area contributed by atoms with Gasteiger partial charge >= 0.3 is 5.97 Å². The molecule has 1 heterocycles. The molecular weight excluding hydrogens is 288 g/mol. The Morgan fingerprint density at radius 3 is 2.62 bits per heavy atom. The lowest BCUT2D eigenvalue weighted by molar-refractivity contribution is -0.142. The first-order chi connectivity index (χ1) is 9.95. The van der Waals surface area contributed by atoms with Gasteiger partial charge < -0.3 is 10.4 Å². The SMILES string of the molecule is CC(C)Cc1nc(C(=O)NC2CCC(C(=O)O)CC2)cs1. The second kappa shape index (κ2) is 7.02. The van der Waals surface area contributed by atoms with Gasteiger partial charge in [0.1, 0.15) is 5.69 Å². The van der Waals surface area contributed by atoms with Gasteiger partial charge in [-0.05, 0) is 31.6 Å². The van der Waals surface area contributed by atoms with Gasteiger partial charge in [-0.25, -0.2) is 4.98 Å². The summed E-state index contributed by atoms with van der Waals surface area (Å²) in [6.45, 7) is 4.25. The summed E-state index contributed by atoms with van der Waals surface area (Å²) in [6.07, 6.45) is 3.62. The van der Waals surface area contributed by atoms with Crippen molar-refractivity contribution < 1.29 is 14.7 Å². The number of carboxylic acids is 1. The largest absolute Gasteiger partial charge is 0.481 e. The number of rotatable bonds is 5. The lowest BCUT2D eigenvalue weighted by Crippen LogP contribution is -2.38. The second-order valence-corrected chi connectivity index (χ2v) is 7.03. The summed E-state index contributed by atoms with van der Waals surface area (Å²) in [5.74, 6) is -0.592. The average molecular weight is 310 g/mol. The average Bonchev–Trinajstić information content (AvgIpc) is 2.87. The summed E-state index contributed by atoms with van der Waals surface area (Å²) in [5.41, 5.74) is 0.482. The molecule has 0 saturated heterocycles. The molecule has 0 aliphatic heterocycles. The minimum atomic E-state index is -0.724. The van der Waals surface area contributed by atoms with Crippen LogP contribution in [0.2, 0.25) is 0 Å². The highest BCUT2D eigenvalue weighted by molar-refractivity contribution is 7.09. The van der Waals surface area contributed by atoms with Gasteiger partial charge in [-0.2, -0.15) is 0 Å². The predicted octanol–water partition coefficient (Wildman–Crippen LogP) is 2.71. The van der Waals surface area contributed by atoms with Crippen LogP contribution in [-0.2, 0) is 11.2 Å². The summed E-state index contributed by atoms with van der Waals surface area (Å²) >= 11 is 1.52. The van der Waals surface area contributed by atoms with E-state index in [2.05, 4.69) is 24.1 Å². The van der Waals surface area contributed by atoms with Crippen LogP contribution in [0.4, 0.5) is 0 Å². The van der Waals surface area contributed by atoms with Crippen LogP contribution >= 0.6 is 11.3 Å². The van der Waals surface area contributed by atoms with Crippen molar-refractivity contribution in [2.75, 3.05) is 0 Å². The van der Waals surface area contributed by atoms with Crippen molar-refractivity contribution in [3.8, 4) is 0 Å². The molecule has 0 aromatic carbocycles. The van der Waals surface area contributed by atoms with Crippen LogP contribution in [0.25, 0.3) is 0 Å². The van der Waals surface area contributed by atoms with Crippen molar-refractivity contribution in [2.24, 2.45) is 11.8 Å². The van der Waals surface area contributed by atoms with E-state index in [0.29, 0.717) is 24.5 Å². The molecule has 6 heteroatoms.